The summed E-state index contributed by atoms with van der Waals surface area (Å²) in [6.07, 6.45) is 2.93. The van der Waals surface area contributed by atoms with Gasteiger partial charge in [-0.25, -0.2) is 4.79 Å². The minimum absolute atomic E-state index is 0.146. The van der Waals surface area contributed by atoms with Crippen LogP contribution in [0.1, 0.15) is 51.5 Å². The number of piperidine rings is 1. The van der Waals surface area contributed by atoms with Crippen molar-refractivity contribution in [2.75, 3.05) is 13.1 Å². The molecule has 1 aromatic carbocycles. The fourth-order valence-electron chi connectivity index (χ4n) is 3.50. The number of benzene rings is 1. The van der Waals surface area contributed by atoms with Crippen LogP contribution in [0.3, 0.4) is 0 Å². The van der Waals surface area contributed by atoms with E-state index in [4.69, 9.17) is 4.74 Å². The molecule has 4 heteroatoms. The van der Waals surface area contributed by atoms with E-state index < -0.39 is 5.60 Å². The van der Waals surface area contributed by atoms with E-state index in [1.54, 1.807) is 0 Å². The fraction of sp³-hybridized carbons (Fsp3) is 0.632. The largest absolute Gasteiger partial charge is 0.444 e. The second kappa shape index (κ2) is 6.52. The van der Waals surface area contributed by atoms with Crippen LogP contribution in [0.2, 0.25) is 0 Å². The predicted octanol–water partition coefficient (Wildman–Crippen LogP) is 3.53. The molecule has 4 nitrogen and oxygen atoms in total. The summed E-state index contributed by atoms with van der Waals surface area (Å²) < 4.78 is 5.71. The highest BCUT2D eigenvalue weighted by molar-refractivity contribution is 5.70. The van der Waals surface area contributed by atoms with Gasteiger partial charge in [-0.15, -0.1) is 0 Å². The topological polar surface area (TPSA) is 41.6 Å². The smallest absolute Gasteiger partial charge is 0.410 e. The van der Waals surface area contributed by atoms with Crippen molar-refractivity contribution >= 4 is 6.09 Å². The van der Waals surface area contributed by atoms with Crippen molar-refractivity contribution in [1.82, 2.24) is 10.2 Å². The average molecular weight is 316 g/mol. The van der Waals surface area contributed by atoms with Crippen molar-refractivity contribution in [1.29, 1.82) is 0 Å². The van der Waals surface area contributed by atoms with Gasteiger partial charge in [0.2, 0.25) is 0 Å². The molecule has 1 aromatic rings. The Bertz CT molecular complexity index is 532. The second-order valence-electron chi connectivity index (χ2n) is 7.69. The maximum absolute atomic E-state index is 12.8. The highest BCUT2D eigenvalue weighted by Crippen LogP contribution is 2.46. The lowest BCUT2D eigenvalue weighted by Gasteiger charge is -2.36. The second-order valence-corrected chi connectivity index (χ2v) is 7.69. The maximum atomic E-state index is 12.8. The summed E-state index contributed by atoms with van der Waals surface area (Å²) in [6.45, 7) is 7.77. The normalized spacial score (nSPS) is 25.0. The third-order valence-electron chi connectivity index (χ3n) is 4.65. The third kappa shape index (κ3) is 4.05. The molecule has 0 aromatic heterocycles. The summed E-state index contributed by atoms with van der Waals surface area (Å²) >= 11 is 0. The molecular weight excluding hydrogens is 288 g/mol. The van der Waals surface area contributed by atoms with Crippen LogP contribution in [0.25, 0.3) is 0 Å². The molecule has 1 aliphatic heterocycles. The van der Waals surface area contributed by atoms with Crippen molar-refractivity contribution in [3.8, 4) is 0 Å². The standard InChI is InChI=1S/C19H28N2O2/c1-19(2,3)23-18(22)21(15-9-11-20-12-10-15)17-13-16(17)14-7-5-4-6-8-14/h4-8,15-17,20H,9-13H2,1-3H3/t16-,17?/m1/s1. The van der Waals surface area contributed by atoms with E-state index in [2.05, 4.69) is 29.6 Å². The maximum Gasteiger partial charge on any atom is 0.410 e. The Morgan fingerprint density at radius 1 is 1.17 bits per heavy atom. The van der Waals surface area contributed by atoms with Gasteiger partial charge in [0.25, 0.3) is 0 Å². The molecule has 23 heavy (non-hydrogen) atoms. The number of amides is 1. The number of nitrogens with one attached hydrogen (secondary N) is 1. The molecule has 0 radical (unpaired) electrons. The minimum atomic E-state index is -0.445. The Labute approximate surface area is 139 Å². The first-order valence-electron chi connectivity index (χ1n) is 8.73. The zero-order valence-corrected chi connectivity index (χ0v) is 14.4. The summed E-state index contributed by atoms with van der Waals surface area (Å²) in [5, 5.41) is 3.38. The van der Waals surface area contributed by atoms with Gasteiger partial charge in [0, 0.05) is 18.0 Å². The number of nitrogens with zero attached hydrogens (tertiary/aromatic N) is 1. The zero-order valence-electron chi connectivity index (χ0n) is 14.4. The first-order valence-corrected chi connectivity index (χ1v) is 8.73. The summed E-state index contributed by atoms with van der Waals surface area (Å²) in [5.74, 6) is 0.457. The van der Waals surface area contributed by atoms with Gasteiger partial charge in [0.05, 0.1) is 0 Å². The molecule has 1 saturated carbocycles. The van der Waals surface area contributed by atoms with Gasteiger partial charge in [0.15, 0.2) is 0 Å². The number of ether oxygens (including phenoxy) is 1. The molecule has 126 valence electrons. The molecule has 1 saturated heterocycles. The van der Waals surface area contributed by atoms with Crippen molar-refractivity contribution in [2.45, 2.75) is 63.6 Å². The Hall–Kier alpha value is -1.55. The molecule has 2 atom stereocenters. The first kappa shape index (κ1) is 16.3. The van der Waals surface area contributed by atoms with Crippen molar-refractivity contribution in [3.05, 3.63) is 35.9 Å². The molecule has 2 aliphatic rings. The lowest BCUT2D eigenvalue weighted by molar-refractivity contribution is 0.0102. The molecule has 1 aliphatic carbocycles. The first-order chi connectivity index (χ1) is 11.0. The van der Waals surface area contributed by atoms with Crippen LogP contribution in [-0.2, 0) is 4.74 Å². The molecule has 0 bridgehead atoms. The lowest BCUT2D eigenvalue weighted by Crippen LogP contribution is -2.49. The SMILES string of the molecule is CC(C)(C)OC(=O)N(C1CCNCC1)C1C[C@@H]1c1ccccc1. The highest BCUT2D eigenvalue weighted by Gasteiger charge is 2.48. The number of carbonyl (C=O) groups is 1. The lowest BCUT2D eigenvalue weighted by atomic mass is 10.0. The Balaban J connectivity index is 1.75. The van der Waals surface area contributed by atoms with E-state index in [-0.39, 0.29) is 12.1 Å². The number of hydrogen-bond donors (Lipinski definition) is 1. The van der Waals surface area contributed by atoms with E-state index in [9.17, 15) is 4.79 Å². The summed E-state index contributed by atoms with van der Waals surface area (Å²) in [4.78, 5) is 14.8. The van der Waals surface area contributed by atoms with Gasteiger partial charge in [-0.2, -0.15) is 0 Å². The molecular formula is C19H28N2O2. The molecule has 0 spiro atoms. The predicted molar refractivity (Wildman–Crippen MR) is 91.6 cm³/mol. The highest BCUT2D eigenvalue weighted by atomic mass is 16.6. The number of carbonyl (C=O) groups excluding carboxylic acids is 1. The van der Waals surface area contributed by atoms with Gasteiger partial charge >= 0.3 is 6.09 Å². The third-order valence-corrected chi connectivity index (χ3v) is 4.65. The Morgan fingerprint density at radius 3 is 2.43 bits per heavy atom. The van der Waals surface area contributed by atoms with E-state index in [0.717, 1.165) is 32.4 Å². The van der Waals surface area contributed by atoms with Crippen LogP contribution in [0, 0.1) is 0 Å². The van der Waals surface area contributed by atoms with Gasteiger partial charge < -0.3 is 15.0 Å². The van der Waals surface area contributed by atoms with Crippen LogP contribution in [0.4, 0.5) is 4.79 Å². The minimum Gasteiger partial charge on any atom is -0.444 e. The summed E-state index contributed by atoms with van der Waals surface area (Å²) in [7, 11) is 0. The summed E-state index contributed by atoms with van der Waals surface area (Å²) in [5.41, 5.74) is 0.888. The quantitative estimate of drug-likeness (QED) is 0.927. The van der Waals surface area contributed by atoms with E-state index >= 15 is 0 Å². The fourth-order valence-corrected chi connectivity index (χ4v) is 3.50. The van der Waals surface area contributed by atoms with Crippen LogP contribution in [0.5, 0.6) is 0 Å². The average Bonchev–Trinajstić information content (AvgIpc) is 3.28. The zero-order chi connectivity index (χ0) is 16.4. The molecule has 2 fully saturated rings. The van der Waals surface area contributed by atoms with Crippen LogP contribution in [0.15, 0.2) is 30.3 Å². The van der Waals surface area contributed by atoms with Crippen molar-refractivity contribution < 1.29 is 9.53 Å². The molecule has 1 N–H and O–H groups in total. The van der Waals surface area contributed by atoms with Crippen LogP contribution < -0.4 is 5.32 Å². The Kier molecular flexibility index (Phi) is 4.62. The van der Waals surface area contributed by atoms with Crippen molar-refractivity contribution in [2.24, 2.45) is 0 Å². The number of rotatable bonds is 3. The van der Waals surface area contributed by atoms with Gasteiger partial charge in [-0.3, -0.25) is 0 Å². The number of hydrogen-bond acceptors (Lipinski definition) is 3. The molecule has 1 unspecified atom stereocenters. The van der Waals surface area contributed by atoms with E-state index in [1.807, 2.05) is 31.7 Å². The van der Waals surface area contributed by atoms with E-state index in [0.29, 0.717) is 12.0 Å². The molecule has 1 amide bonds. The van der Waals surface area contributed by atoms with E-state index in [1.165, 1.54) is 5.56 Å². The van der Waals surface area contributed by atoms with Crippen LogP contribution in [-0.4, -0.2) is 41.8 Å². The Morgan fingerprint density at radius 2 is 1.83 bits per heavy atom. The monoisotopic (exact) mass is 316 g/mol. The van der Waals surface area contributed by atoms with Gasteiger partial charge in [0.1, 0.15) is 5.60 Å². The molecule has 1 heterocycles. The van der Waals surface area contributed by atoms with Gasteiger partial charge in [-0.1, -0.05) is 30.3 Å². The van der Waals surface area contributed by atoms with Crippen molar-refractivity contribution in [3.63, 3.8) is 0 Å². The van der Waals surface area contributed by atoms with Gasteiger partial charge in [-0.05, 0) is 58.7 Å². The summed E-state index contributed by atoms with van der Waals surface area (Å²) in [6, 6.07) is 11.1. The van der Waals surface area contributed by atoms with Crippen LogP contribution >= 0.6 is 0 Å². The molecule has 3 rings (SSSR count).